The number of hydrogen-bond donors (Lipinski definition) is 2. The number of Topliss-reactive ketones (excluding diaryl/α,β-unsaturated/α-hetero) is 1. The van der Waals surface area contributed by atoms with Crippen LogP contribution in [0, 0.1) is 40.4 Å². The molecule has 0 amide bonds. The molecule has 0 bridgehead atoms. The third-order valence-electron chi connectivity index (χ3n) is 10.6. The van der Waals surface area contributed by atoms with Crippen LogP contribution >= 0.6 is 0 Å². The third-order valence-corrected chi connectivity index (χ3v) is 10.6. The number of H-pyrrole nitrogens is 1. The molecule has 1 heterocycles. The molecule has 0 radical (unpaired) electrons. The number of nitrogens with one attached hydrogen (secondary N) is 1. The molecule has 3 unspecified atom stereocenters. The van der Waals surface area contributed by atoms with Crippen LogP contribution < -0.4 is 4.57 Å². The van der Waals surface area contributed by atoms with Crippen LogP contribution in [0.25, 0.3) is 0 Å². The molecule has 4 aliphatic rings. The molecule has 5 heteroatoms. The zero-order valence-corrected chi connectivity index (χ0v) is 19.6. The van der Waals surface area contributed by atoms with E-state index in [9.17, 15) is 9.90 Å². The normalized spacial score (nSPS) is 46.8. The van der Waals surface area contributed by atoms with Crippen molar-refractivity contribution >= 4 is 5.78 Å². The summed E-state index contributed by atoms with van der Waals surface area (Å²) in [4.78, 5) is 16.3. The number of aromatic nitrogens is 2. The number of rotatable bonds is 5. The van der Waals surface area contributed by atoms with E-state index in [-0.39, 0.29) is 11.3 Å². The summed E-state index contributed by atoms with van der Waals surface area (Å²) in [5.41, 5.74) is -0.118. The van der Waals surface area contributed by atoms with E-state index in [1.165, 1.54) is 32.1 Å². The number of ether oxygens (including phenoxy) is 1. The molecule has 8 atom stereocenters. The molecule has 0 aliphatic heterocycles. The van der Waals surface area contributed by atoms with Crippen LogP contribution in [0.2, 0.25) is 0 Å². The van der Waals surface area contributed by atoms with Gasteiger partial charge in [0.15, 0.2) is 5.78 Å². The number of aliphatic hydroxyl groups is 1. The summed E-state index contributed by atoms with van der Waals surface area (Å²) in [5, 5.41) is 11.0. The van der Waals surface area contributed by atoms with Gasteiger partial charge < -0.3 is 9.84 Å². The highest BCUT2D eigenvalue weighted by molar-refractivity contribution is 5.81. The van der Waals surface area contributed by atoms with E-state index < -0.39 is 5.60 Å². The monoisotopic (exact) mass is 429 g/mol. The summed E-state index contributed by atoms with van der Waals surface area (Å²) < 4.78 is 7.35. The molecule has 5 rings (SSSR count). The SMILES string of the molecule is COC[C@@]1(O)CC[C@]2(C)C3CC[C@@]4(C)C(CC[C@@H]4C(=O)C[n+]4cc[nH]c4)C3CC[C@H]2C1. The lowest BCUT2D eigenvalue weighted by Gasteiger charge is -2.62. The van der Waals surface area contributed by atoms with Crippen LogP contribution in [0.15, 0.2) is 18.7 Å². The smallest absolute Gasteiger partial charge is 0.241 e. The van der Waals surface area contributed by atoms with E-state index in [0.29, 0.717) is 36.2 Å². The van der Waals surface area contributed by atoms with Crippen molar-refractivity contribution in [3.8, 4) is 0 Å². The van der Waals surface area contributed by atoms with E-state index >= 15 is 0 Å². The second-order valence-corrected chi connectivity index (χ2v) is 11.9. The minimum atomic E-state index is -0.629. The Kier molecular flexibility index (Phi) is 5.37. The van der Waals surface area contributed by atoms with E-state index in [4.69, 9.17) is 4.74 Å². The lowest BCUT2D eigenvalue weighted by Crippen LogP contribution is -2.57. The van der Waals surface area contributed by atoms with Gasteiger partial charge in [0, 0.05) is 13.0 Å². The standard InChI is InChI=1S/C26H40N2O3/c1-24-10-11-26(30,16-31-3)14-18(24)4-5-19-20-6-7-22(25(20,2)9-8-21(19)24)23(29)15-28-13-12-27-17-28/h12-13,17-22,30H,4-11,14-16H2,1-3H3/p+1/t18-,19?,20?,21?,22+,24-,25-,26+/m0/s1. The molecule has 4 fully saturated rings. The maximum atomic E-state index is 13.3. The van der Waals surface area contributed by atoms with Gasteiger partial charge in [0.25, 0.3) is 0 Å². The van der Waals surface area contributed by atoms with Gasteiger partial charge in [-0.25, -0.2) is 4.57 Å². The molecular weight excluding hydrogens is 388 g/mol. The second kappa shape index (κ2) is 7.69. The van der Waals surface area contributed by atoms with Gasteiger partial charge in [-0.3, -0.25) is 9.78 Å². The fourth-order valence-corrected chi connectivity index (χ4v) is 8.96. The van der Waals surface area contributed by atoms with Gasteiger partial charge in [-0.05, 0) is 92.3 Å². The van der Waals surface area contributed by atoms with Gasteiger partial charge in [-0.1, -0.05) is 13.8 Å². The Labute approximate surface area is 187 Å². The van der Waals surface area contributed by atoms with Crippen molar-refractivity contribution in [2.45, 2.75) is 83.8 Å². The van der Waals surface area contributed by atoms with Gasteiger partial charge in [0.2, 0.25) is 6.33 Å². The van der Waals surface area contributed by atoms with E-state index in [2.05, 4.69) is 18.8 Å². The van der Waals surface area contributed by atoms with E-state index in [1.807, 2.05) is 23.3 Å². The summed E-state index contributed by atoms with van der Waals surface area (Å²) in [7, 11) is 1.71. The molecule has 4 aliphatic carbocycles. The summed E-state index contributed by atoms with van der Waals surface area (Å²) in [5.74, 6) is 3.44. The van der Waals surface area contributed by atoms with E-state index in [1.54, 1.807) is 7.11 Å². The first kappa shape index (κ1) is 21.6. The number of fused-ring (bicyclic) bond motifs is 5. The molecule has 5 nitrogen and oxygen atoms in total. The molecule has 0 spiro atoms. The molecule has 4 saturated carbocycles. The number of carbonyl (C=O) groups is 1. The molecule has 2 N–H and O–H groups in total. The van der Waals surface area contributed by atoms with Crippen molar-refractivity contribution in [1.82, 2.24) is 4.98 Å². The highest BCUT2D eigenvalue weighted by Crippen LogP contribution is 2.68. The van der Waals surface area contributed by atoms with E-state index in [0.717, 1.165) is 37.5 Å². The van der Waals surface area contributed by atoms with Gasteiger partial charge in [0.05, 0.1) is 12.2 Å². The van der Waals surface area contributed by atoms with Gasteiger partial charge in [-0.15, -0.1) is 0 Å². The van der Waals surface area contributed by atoms with Crippen molar-refractivity contribution < 1.29 is 19.2 Å². The summed E-state index contributed by atoms with van der Waals surface area (Å²) >= 11 is 0. The van der Waals surface area contributed by atoms with Gasteiger partial charge >= 0.3 is 0 Å². The largest absolute Gasteiger partial charge is 0.387 e. The van der Waals surface area contributed by atoms with Crippen LogP contribution in [0.3, 0.4) is 0 Å². The topological polar surface area (TPSA) is 66.2 Å². The van der Waals surface area contributed by atoms with Crippen LogP contribution in [-0.2, 0) is 16.1 Å². The minimum absolute atomic E-state index is 0.170. The summed E-state index contributed by atoms with van der Waals surface area (Å²) in [6, 6.07) is 0. The highest BCUT2D eigenvalue weighted by atomic mass is 16.5. The lowest BCUT2D eigenvalue weighted by atomic mass is 9.44. The predicted molar refractivity (Wildman–Crippen MR) is 118 cm³/mol. The molecule has 0 aromatic carbocycles. The Balaban J connectivity index is 1.33. The summed E-state index contributed by atoms with van der Waals surface area (Å²) in [6.45, 7) is 5.95. The number of nitrogens with zero attached hydrogens (tertiary/aromatic N) is 1. The Morgan fingerprint density at radius 1 is 1.10 bits per heavy atom. The Bertz CT molecular complexity index is 810. The number of methoxy groups -OCH3 is 1. The molecule has 31 heavy (non-hydrogen) atoms. The average molecular weight is 430 g/mol. The van der Waals surface area contributed by atoms with Gasteiger partial charge in [-0.2, -0.15) is 0 Å². The fraction of sp³-hybridized carbons (Fsp3) is 0.846. The lowest BCUT2D eigenvalue weighted by molar-refractivity contribution is -0.683. The molecule has 0 saturated heterocycles. The predicted octanol–water partition coefficient (Wildman–Crippen LogP) is 3.91. The number of imidazole rings is 1. The third kappa shape index (κ3) is 3.42. The Morgan fingerprint density at radius 3 is 2.65 bits per heavy atom. The average Bonchev–Trinajstić information content (AvgIpc) is 3.35. The Morgan fingerprint density at radius 2 is 1.90 bits per heavy atom. The van der Waals surface area contributed by atoms with Crippen molar-refractivity contribution in [3.63, 3.8) is 0 Å². The first-order valence-electron chi connectivity index (χ1n) is 12.5. The van der Waals surface area contributed by atoms with Crippen molar-refractivity contribution in [1.29, 1.82) is 0 Å². The van der Waals surface area contributed by atoms with Crippen molar-refractivity contribution in [2.75, 3.05) is 13.7 Å². The first-order valence-corrected chi connectivity index (χ1v) is 12.5. The number of hydrogen-bond acceptors (Lipinski definition) is 3. The van der Waals surface area contributed by atoms with Crippen LogP contribution in [-0.4, -0.2) is 35.2 Å². The van der Waals surface area contributed by atoms with Gasteiger partial charge in [0.1, 0.15) is 18.9 Å². The number of aromatic amines is 1. The zero-order chi connectivity index (χ0) is 21.9. The molecular formula is C26H41N2O3+. The zero-order valence-electron chi connectivity index (χ0n) is 19.6. The molecule has 1 aromatic rings. The quantitative estimate of drug-likeness (QED) is 0.698. The maximum Gasteiger partial charge on any atom is 0.241 e. The highest BCUT2D eigenvalue weighted by Gasteiger charge is 2.62. The minimum Gasteiger partial charge on any atom is -0.387 e. The summed E-state index contributed by atoms with van der Waals surface area (Å²) in [6.07, 6.45) is 15.9. The van der Waals surface area contributed by atoms with Crippen LogP contribution in [0.4, 0.5) is 0 Å². The van der Waals surface area contributed by atoms with Crippen LogP contribution in [0.5, 0.6) is 0 Å². The number of ketones is 1. The van der Waals surface area contributed by atoms with Crippen molar-refractivity contribution in [3.05, 3.63) is 18.7 Å². The van der Waals surface area contributed by atoms with Crippen LogP contribution in [0.1, 0.15) is 71.6 Å². The first-order chi connectivity index (χ1) is 14.8. The second-order valence-electron chi connectivity index (χ2n) is 11.9. The molecule has 172 valence electrons. The molecule has 1 aromatic heterocycles. The maximum absolute atomic E-state index is 13.3. The fourth-order valence-electron chi connectivity index (χ4n) is 8.96. The van der Waals surface area contributed by atoms with Crippen molar-refractivity contribution in [2.24, 2.45) is 40.4 Å². The Hall–Kier alpha value is -1.20. The number of carbonyl (C=O) groups excluding carboxylic acids is 1.